The van der Waals surface area contributed by atoms with Gasteiger partial charge in [0.05, 0.1) is 6.10 Å². The molecule has 0 aromatic carbocycles. The van der Waals surface area contributed by atoms with Crippen LogP contribution < -0.4 is 0 Å². The molecular weight excluding hydrogens is 248 g/mol. The molecule has 2 heteroatoms. The van der Waals surface area contributed by atoms with Crippen LogP contribution in [0.3, 0.4) is 0 Å². The van der Waals surface area contributed by atoms with Gasteiger partial charge in [-0.1, -0.05) is 44.9 Å². The van der Waals surface area contributed by atoms with Crippen molar-refractivity contribution in [1.82, 2.24) is 0 Å². The maximum absolute atomic E-state index is 6.21. The van der Waals surface area contributed by atoms with Crippen molar-refractivity contribution < 1.29 is 9.47 Å². The lowest BCUT2D eigenvalue weighted by atomic mass is 9.86. The average molecular weight is 278 g/mol. The van der Waals surface area contributed by atoms with Crippen molar-refractivity contribution in [1.29, 1.82) is 0 Å². The molecule has 0 spiro atoms. The SMILES string of the molecule is CC1(C)CC=C2/C=C/CCCOCCCCCCOC21. The van der Waals surface area contributed by atoms with E-state index in [0.717, 1.165) is 39.1 Å². The molecule has 0 bridgehead atoms. The van der Waals surface area contributed by atoms with Gasteiger partial charge in [-0.2, -0.15) is 0 Å². The number of hydrogen-bond acceptors (Lipinski definition) is 2. The van der Waals surface area contributed by atoms with Crippen LogP contribution in [0.25, 0.3) is 0 Å². The summed E-state index contributed by atoms with van der Waals surface area (Å²) in [6, 6.07) is 0. The Kier molecular flexibility index (Phi) is 6.31. The van der Waals surface area contributed by atoms with E-state index in [1.807, 2.05) is 0 Å². The molecule has 20 heavy (non-hydrogen) atoms. The van der Waals surface area contributed by atoms with Gasteiger partial charge in [-0.25, -0.2) is 0 Å². The number of hydrogen-bond donors (Lipinski definition) is 0. The van der Waals surface area contributed by atoms with Gasteiger partial charge in [-0.3, -0.25) is 0 Å². The molecule has 1 unspecified atom stereocenters. The highest BCUT2D eigenvalue weighted by Gasteiger charge is 2.36. The first-order valence-corrected chi connectivity index (χ1v) is 8.26. The highest BCUT2D eigenvalue weighted by atomic mass is 16.5. The molecule has 0 aromatic heterocycles. The molecule has 2 rings (SSSR count). The topological polar surface area (TPSA) is 18.5 Å². The molecule has 114 valence electrons. The summed E-state index contributed by atoms with van der Waals surface area (Å²) in [5.41, 5.74) is 1.63. The fourth-order valence-corrected chi connectivity index (χ4v) is 3.01. The van der Waals surface area contributed by atoms with Crippen LogP contribution in [-0.4, -0.2) is 25.9 Å². The fraction of sp³-hybridized carbons (Fsp3) is 0.778. The summed E-state index contributed by atoms with van der Waals surface area (Å²) in [6.07, 6.45) is 15.4. The lowest BCUT2D eigenvalue weighted by molar-refractivity contribution is 0.00968. The van der Waals surface area contributed by atoms with Crippen molar-refractivity contribution in [2.24, 2.45) is 5.41 Å². The Morgan fingerprint density at radius 2 is 1.75 bits per heavy atom. The third-order valence-corrected chi connectivity index (χ3v) is 4.31. The minimum absolute atomic E-state index is 0.247. The van der Waals surface area contributed by atoms with E-state index in [4.69, 9.17) is 9.47 Å². The lowest BCUT2D eigenvalue weighted by Crippen LogP contribution is -2.29. The van der Waals surface area contributed by atoms with Crippen LogP contribution in [0, 0.1) is 5.41 Å². The zero-order chi connectivity index (χ0) is 14.3. The second kappa shape index (κ2) is 7.99. The summed E-state index contributed by atoms with van der Waals surface area (Å²) < 4.78 is 11.9. The third kappa shape index (κ3) is 4.75. The minimum Gasteiger partial charge on any atom is -0.381 e. The number of ether oxygens (including phenoxy) is 2. The van der Waals surface area contributed by atoms with E-state index in [1.165, 1.54) is 31.3 Å². The molecule has 0 fully saturated rings. The van der Waals surface area contributed by atoms with Crippen LogP contribution in [-0.2, 0) is 9.47 Å². The van der Waals surface area contributed by atoms with Gasteiger partial charge in [0.2, 0.25) is 0 Å². The Balaban J connectivity index is 1.93. The van der Waals surface area contributed by atoms with Gasteiger partial charge >= 0.3 is 0 Å². The van der Waals surface area contributed by atoms with Crippen molar-refractivity contribution in [2.45, 2.75) is 64.9 Å². The smallest absolute Gasteiger partial charge is 0.0875 e. The largest absolute Gasteiger partial charge is 0.381 e. The van der Waals surface area contributed by atoms with Crippen LogP contribution in [0.4, 0.5) is 0 Å². The zero-order valence-corrected chi connectivity index (χ0v) is 13.2. The highest BCUT2D eigenvalue weighted by Crippen LogP contribution is 2.39. The summed E-state index contributed by atoms with van der Waals surface area (Å²) in [5, 5.41) is 0. The van der Waals surface area contributed by atoms with Crippen molar-refractivity contribution in [2.75, 3.05) is 19.8 Å². The van der Waals surface area contributed by atoms with E-state index < -0.39 is 0 Å². The molecule has 1 atom stereocenters. The van der Waals surface area contributed by atoms with Crippen LogP contribution in [0.2, 0.25) is 0 Å². The first-order valence-electron chi connectivity index (χ1n) is 8.26. The standard InChI is InChI=1S/C18H30O2/c1-18(2)12-11-16-10-6-5-8-14-19-13-7-3-4-9-15-20-17(16)18/h6,10-11,17H,3-5,7-9,12-15H2,1-2H3/b10-6+. The first kappa shape index (κ1) is 15.8. The van der Waals surface area contributed by atoms with Crippen molar-refractivity contribution >= 4 is 0 Å². The van der Waals surface area contributed by atoms with E-state index in [1.54, 1.807) is 0 Å². The normalized spacial score (nSPS) is 30.7. The molecule has 2 aliphatic rings. The maximum atomic E-state index is 6.21. The lowest BCUT2D eigenvalue weighted by Gasteiger charge is -2.29. The minimum atomic E-state index is 0.247. The zero-order valence-electron chi connectivity index (χ0n) is 13.2. The van der Waals surface area contributed by atoms with Crippen molar-refractivity contribution in [3.05, 3.63) is 23.8 Å². The van der Waals surface area contributed by atoms with Crippen molar-refractivity contribution in [3.8, 4) is 0 Å². The monoisotopic (exact) mass is 278 g/mol. The molecule has 0 amide bonds. The molecular formula is C18H30O2. The Hall–Kier alpha value is -0.600. The summed E-state index contributed by atoms with van der Waals surface area (Å²) in [7, 11) is 0. The van der Waals surface area contributed by atoms with E-state index in [2.05, 4.69) is 32.1 Å². The van der Waals surface area contributed by atoms with E-state index in [0.29, 0.717) is 0 Å². The average Bonchev–Trinajstić information content (AvgIpc) is 2.69. The molecule has 0 saturated carbocycles. The molecule has 1 aliphatic heterocycles. The Labute approximate surface area is 124 Å². The Morgan fingerprint density at radius 3 is 2.60 bits per heavy atom. The van der Waals surface area contributed by atoms with Gasteiger partial charge in [0, 0.05) is 19.8 Å². The van der Waals surface area contributed by atoms with Gasteiger partial charge in [0.25, 0.3) is 0 Å². The quantitative estimate of drug-likeness (QED) is 0.642. The molecule has 0 radical (unpaired) electrons. The number of rotatable bonds is 0. The summed E-state index contributed by atoms with van der Waals surface area (Å²) in [6.45, 7) is 7.34. The van der Waals surface area contributed by atoms with E-state index in [9.17, 15) is 0 Å². The van der Waals surface area contributed by atoms with Gasteiger partial charge < -0.3 is 9.47 Å². The third-order valence-electron chi connectivity index (χ3n) is 4.31. The predicted octanol–water partition coefficient (Wildman–Crippen LogP) is 4.65. The second-order valence-corrected chi connectivity index (χ2v) is 6.72. The fourth-order valence-electron chi connectivity index (χ4n) is 3.01. The molecule has 0 saturated heterocycles. The Morgan fingerprint density at radius 1 is 1.00 bits per heavy atom. The van der Waals surface area contributed by atoms with E-state index >= 15 is 0 Å². The summed E-state index contributed by atoms with van der Waals surface area (Å²) >= 11 is 0. The summed E-state index contributed by atoms with van der Waals surface area (Å²) in [4.78, 5) is 0. The van der Waals surface area contributed by atoms with Crippen LogP contribution in [0.1, 0.15) is 58.8 Å². The van der Waals surface area contributed by atoms with Gasteiger partial charge in [-0.15, -0.1) is 0 Å². The molecule has 1 heterocycles. The number of fused-ring (bicyclic) bond motifs is 1. The molecule has 0 aromatic rings. The summed E-state index contributed by atoms with van der Waals surface area (Å²) in [5.74, 6) is 0. The highest BCUT2D eigenvalue weighted by molar-refractivity contribution is 5.30. The molecule has 1 aliphatic carbocycles. The Bertz CT molecular complexity index is 341. The van der Waals surface area contributed by atoms with E-state index in [-0.39, 0.29) is 11.5 Å². The van der Waals surface area contributed by atoms with Crippen LogP contribution >= 0.6 is 0 Å². The second-order valence-electron chi connectivity index (χ2n) is 6.72. The van der Waals surface area contributed by atoms with Crippen molar-refractivity contribution in [3.63, 3.8) is 0 Å². The molecule has 0 N–H and O–H groups in total. The van der Waals surface area contributed by atoms with Gasteiger partial charge in [0.1, 0.15) is 0 Å². The number of allylic oxidation sites excluding steroid dienone is 2. The van der Waals surface area contributed by atoms with Crippen LogP contribution in [0.15, 0.2) is 23.8 Å². The maximum Gasteiger partial charge on any atom is 0.0875 e. The van der Waals surface area contributed by atoms with Gasteiger partial charge in [0.15, 0.2) is 0 Å². The predicted molar refractivity (Wildman–Crippen MR) is 83.9 cm³/mol. The van der Waals surface area contributed by atoms with Gasteiger partial charge in [-0.05, 0) is 43.1 Å². The molecule has 2 nitrogen and oxygen atoms in total. The first-order chi connectivity index (χ1) is 9.70. The van der Waals surface area contributed by atoms with Crippen LogP contribution in [0.5, 0.6) is 0 Å².